The Morgan fingerprint density at radius 1 is 1.15 bits per heavy atom. The van der Waals surface area contributed by atoms with Gasteiger partial charge in [-0.1, -0.05) is 54.6 Å². The minimum atomic E-state index is 0.120. The summed E-state index contributed by atoms with van der Waals surface area (Å²) < 4.78 is 2.12. The summed E-state index contributed by atoms with van der Waals surface area (Å²) in [5.74, 6) is 1.67. The van der Waals surface area contributed by atoms with Gasteiger partial charge in [0.2, 0.25) is 5.91 Å². The van der Waals surface area contributed by atoms with E-state index in [0.29, 0.717) is 12.5 Å². The molecule has 2 atom stereocenters. The molecule has 4 nitrogen and oxygen atoms in total. The minimum Gasteiger partial charge on any atom is -0.352 e. The quantitative estimate of drug-likeness (QED) is 0.741. The third kappa shape index (κ3) is 3.69. The lowest BCUT2D eigenvalue weighted by atomic mass is 10.1. The molecule has 0 spiro atoms. The number of amides is 1. The summed E-state index contributed by atoms with van der Waals surface area (Å²) in [4.78, 5) is 16.7. The highest BCUT2D eigenvalue weighted by atomic mass is 16.2. The summed E-state index contributed by atoms with van der Waals surface area (Å²) in [6, 6.07) is 18.7. The van der Waals surface area contributed by atoms with Crippen molar-refractivity contribution in [3.8, 4) is 0 Å². The second kappa shape index (κ2) is 7.16. The maximum absolute atomic E-state index is 12.4. The Labute approximate surface area is 153 Å². The molecule has 26 heavy (non-hydrogen) atoms. The SMILES string of the molecule is Cc1nccn1Cc1cccc(CNC(=O)[C@@H]2C[C@H]2c2ccccc2)c1. The van der Waals surface area contributed by atoms with Crippen molar-refractivity contribution in [3.63, 3.8) is 0 Å². The first-order valence-electron chi connectivity index (χ1n) is 9.09. The van der Waals surface area contributed by atoms with Gasteiger partial charge in [0.25, 0.3) is 0 Å². The smallest absolute Gasteiger partial charge is 0.224 e. The van der Waals surface area contributed by atoms with Crippen LogP contribution in [-0.4, -0.2) is 15.5 Å². The van der Waals surface area contributed by atoms with Crippen molar-refractivity contribution in [2.75, 3.05) is 0 Å². The molecule has 1 amide bonds. The molecule has 1 aliphatic rings. The standard InChI is InChI=1S/C22H23N3O/c1-16-23-10-11-25(16)15-18-7-5-6-17(12-18)14-24-22(26)21-13-20(21)19-8-3-2-4-9-19/h2-12,20-21H,13-15H2,1H3,(H,24,26)/t20-,21+/m0/s1. The molecule has 1 aromatic heterocycles. The third-order valence-corrected chi connectivity index (χ3v) is 5.09. The highest BCUT2D eigenvalue weighted by Crippen LogP contribution is 2.47. The molecule has 2 aromatic carbocycles. The lowest BCUT2D eigenvalue weighted by Gasteiger charge is -2.09. The molecule has 3 aromatic rings. The maximum Gasteiger partial charge on any atom is 0.224 e. The number of benzene rings is 2. The Kier molecular flexibility index (Phi) is 4.57. The average molecular weight is 345 g/mol. The van der Waals surface area contributed by atoms with E-state index in [1.165, 1.54) is 11.1 Å². The van der Waals surface area contributed by atoms with Gasteiger partial charge in [0.1, 0.15) is 5.82 Å². The molecule has 0 aliphatic heterocycles. The van der Waals surface area contributed by atoms with Gasteiger partial charge in [-0.2, -0.15) is 0 Å². The van der Waals surface area contributed by atoms with Crippen LogP contribution in [0.4, 0.5) is 0 Å². The van der Waals surface area contributed by atoms with E-state index in [-0.39, 0.29) is 11.8 Å². The van der Waals surface area contributed by atoms with Gasteiger partial charge in [0, 0.05) is 31.4 Å². The van der Waals surface area contributed by atoms with E-state index in [0.717, 1.165) is 24.4 Å². The normalized spacial score (nSPS) is 18.5. The molecule has 0 unspecified atom stereocenters. The van der Waals surface area contributed by atoms with Crippen molar-refractivity contribution < 1.29 is 4.79 Å². The molecule has 1 saturated carbocycles. The summed E-state index contributed by atoms with van der Waals surface area (Å²) in [5, 5.41) is 3.10. The molecule has 0 saturated heterocycles. The van der Waals surface area contributed by atoms with E-state index in [2.05, 4.69) is 45.2 Å². The van der Waals surface area contributed by atoms with E-state index < -0.39 is 0 Å². The molecule has 0 radical (unpaired) electrons. The topological polar surface area (TPSA) is 46.9 Å². The van der Waals surface area contributed by atoms with Crippen LogP contribution in [0.5, 0.6) is 0 Å². The van der Waals surface area contributed by atoms with Gasteiger partial charge >= 0.3 is 0 Å². The maximum atomic E-state index is 12.4. The molecule has 1 N–H and O–H groups in total. The number of aromatic nitrogens is 2. The van der Waals surface area contributed by atoms with Crippen LogP contribution in [-0.2, 0) is 17.9 Å². The van der Waals surface area contributed by atoms with Crippen LogP contribution in [0.2, 0.25) is 0 Å². The van der Waals surface area contributed by atoms with Gasteiger partial charge < -0.3 is 9.88 Å². The van der Waals surface area contributed by atoms with Crippen molar-refractivity contribution in [3.05, 3.63) is 89.5 Å². The molecule has 4 rings (SSSR count). The van der Waals surface area contributed by atoms with E-state index in [1.54, 1.807) is 0 Å². The highest BCUT2D eigenvalue weighted by molar-refractivity contribution is 5.82. The van der Waals surface area contributed by atoms with Crippen LogP contribution in [0.15, 0.2) is 67.0 Å². The van der Waals surface area contributed by atoms with Crippen molar-refractivity contribution in [1.82, 2.24) is 14.9 Å². The first-order valence-corrected chi connectivity index (χ1v) is 9.09. The Hall–Kier alpha value is -2.88. The van der Waals surface area contributed by atoms with E-state index >= 15 is 0 Å². The summed E-state index contributed by atoms with van der Waals surface area (Å²) in [5.41, 5.74) is 3.61. The number of aryl methyl sites for hydroxylation is 1. The number of hydrogen-bond donors (Lipinski definition) is 1. The molecule has 4 heteroatoms. The lowest BCUT2D eigenvalue weighted by Crippen LogP contribution is -2.24. The number of carbonyl (C=O) groups is 1. The van der Waals surface area contributed by atoms with Crippen LogP contribution in [0.3, 0.4) is 0 Å². The van der Waals surface area contributed by atoms with Crippen LogP contribution in [0.1, 0.15) is 34.9 Å². The molecular formula is C22H23N3O. The third-order valence-electron chi connectivity index (χ3n) is 5.09. The molecule has 1 fully saturated rings. The number of nitrogens with zero attached hydrogens (tertiary/aromatic N) is 2. The van der Waals surface area contributed by atoms with Crippen molar-refractivity contribution in [2.24, 2.45) is 5.92 Å². The number of nitrogens with one attached hydrogen (secondary N) is 1. The van der Waals surface area contributed by atoms with Crippen LogP contribution in [0, 0.1) is 12.8 Å². The summed E-state index contributed by atoms with van der Waals surface area (Å²) in [6.45, 7) is 3.38. The number of imidazole rings is 1. The molecule has 1 heterocycles. The number of rotatable bonds is 6. The fraction of sp³-hybridized carbons (Fsp3) is 0.273. The Balaban J connectivity index is 1.33. The molecule has 132 valence electrons. The number of carbonyl (C=O) groups excluding carboxylic acids is 1. The van der Waals surface area contributed by atoms with Gasteiger partial charge in [-0.15, -0.1) is 0 Å². The first kappa shape index (κ1) is 16.6. The summed E-state index contributed by atoms with van der Waals surface area (Å²) in [6.07, 6.45) is 4.76. The van der Waals surface area contributed by atoms with E-state index in [9.17, 15) is 4.79 Å². The average Bonchev–Trinajstić information content (AvgIpc) is 3.38. The first-order chi connectivity index (χ1) is 12.7. The van der Waals surface area contributed by atoms with Crippen molar-refractivity contribution in [1.29, 1.82) is 0 Å². The van der Waals surface area contributed by atoms with Gasteiger partial charge in [0.15, 0.2) is 0 Å². The van der Waals surface area contributed by atoms with Crippen molar-refractivity contribution in [2.45, 2.75) is 32.4 Å². The minimum absolute atomic E-state index is 0.120. The van der Waals surface area contributed by atoms with E-state index in [1.807, 2.05) is 43.6 Å². The molecular weight excluding hydrogens is 322 g/mol. The van der Waals surface area contributed by atoms with Gasteiger partial charge in [0.05, 0.1) is 0 Å². The summed E-state index contributed by atoms with van der Waals surface area (Å²) in [7, 11) is 0. The largest absolute Gasteiger partial charge is 0.352 e. The van der Waals surface area contributed by atoms with Crippen LogP contribution < -0.4 is 5.32 Å². The van der Waals surface area contributed by atoms with E-state index in [4.69, 9.17) is 0 Å². The summed E-state index contributed by atoms with van der Waals surface area (Å²) >= 11 is 0. The molecule has 1 aliphatic carbocycles. The second-order valence-corrected chi connectivity index (χ2v) is 7.00. The zero-order valence-corrected chi connectivity index (χ0v) is 14.9. The fourth-order valence-corrected chi connectivity index (χ4v) is 3.48. The zero-order chi connectivity index (χ0) is 17.9. The van der Waals surface area contributed by atoms with Gasteiger partial charge in [-0.25, -0.2) is 4.98 Å². The van der Waals surface area contributed by atoms with Crippen molar-refractivity contribution >= 4 is 5.91 Å². The van der Waals surface area contributed by atoms with Gasteiger partial charge in [-0.3, -0.25) is 4.79 Å². The van der Waals surface area contributed by atoms with Crippen LogP contribution in [0.25, 0.3) is 0 Å². The van der Waals surface area contributed by atoms with Crippen LogP contribution >= 0.6 is 0 Å². The zero-order valence-electron chi connectivity index (χ0n) is 14.9. The Morgan fingerprint density at radius 2 is 1.96 bits per heavy atom. The lowest BCUT2D eigenvalue weighted by molar-refractivity contribution is -0.122. The predicted octanol–water partition coefficient (Wildman–Crippen LogP) is 3.66. The Bertz CT molecular complexity index is 901. The number of hydrogen-bond acceptors (Lipinski definition) is 2. The predicted molar refractivity (Wildman–Crippen MR) is 102 cm³/mol. The second-order valence-electron chi connectivity index (χ2n) is 7.00. The highest BCUT2D eigenvalue weighted by Gasteiger charge is 2.43. The molecule has 0 bridgehead atoms. The monoisotopic (exact) mass is 345 g/mol. The Morgan fingerprint density at radius 3 is 2.73 bits per heavy atom. The fourth-order valence-electron chi connectivity index (χ4n) is 3.48. The van der Waals surface area contributed by atoms with Gasteiger partial charge in [-0.05, 0) is 36.0 Å².